The molecule has 3 aromatic heterocycles. The summed E-state index contributed by atoms with van der Waals surface area (Å²) in [6.45, 7) is 7.86. The van der Waals surface area contributed by atoms with Crippen molar-refractivity contribution >= 4 is 22.5 Å². The Bertz CT molecular complexity index is 1280. The molecule has 4 rings (SSSR count). The van der Waals surface area contributed by atoms with E-state index < -0.39 is 0 Å². The number of pyridine rings is 2. The van der Waals surface area contributed by atoms with Gasteiger partial charge in [0.05, 0.1) is 37.1 Å². The van der Waals surface area contributed by atoms with Crippen LogP contribution in [0, 0.1) is 6.92 Å². The fourth-order valence-electron chi connectivity index (χ4n) is 3.96. The second-order valence-electron chi connectivity index (χ2n) is 8.57. The monoisotopic (exact) mass is 460 g/mol. The lowest BCUT2D eigenvalue weighted by Gasteiger charge is -2.27. The lowest BCUT2D eigenvalue weighted by atomic mass is 10.1. The highest BCUT2D eigenvalue weighted by molar-refractivity contribution is 5.82. The first kappa shape index (κ1) is 23.5. The predicted molar refractivity (Wildman–Crippen MR) is 136 cm³/mol. The Morgan fingerprint density at radius 2 is 1.85 bits per heavy atom. The minimum atomic E-state index is 0.388. The van der Waals surface area contributed by atoms with Crippen LogP contribution in [0.3, 0.4) is 0 Å². The standard InChI is InChI=1S/C26H32N6O2/c1-17(2)27-9-10-32(24-12-21(33-5)13-25(34-6)18(24)3)26-8-7-22-23(30-26)11-19(14-28-22)20-15-29-31(4)16-20/h7-8,11-17,27H,9-10H2,1-6H3. The van der Waals surface area contributed by atoms with Crippen molar-refractivity contribution in [2.75, 3.05) is 32.2 Å². The zero-order valence-corrected chi connectivity index (χ0v) is 20.7. The molecule has 1 N–H and O–H groups in total. The van der Waals surface area contributed by atoms with Gasteiger partial charge in [0.2, 0.25) is 0 Å². The number of hydrogen-bond donors (Lipinski definition) is 1. The molecule has 178 valence electrons. The number of anilines is 2. The third-order valence-corrected chi connectivity index (χ3v) is 5.78. The Kier molecular flexibility index (Phi) is 6.98. The van der Waals surface area contributed by atoms with Crippen molar-refractivity contribution in [3.8, 4) is 22.6 Å². The first-order chi connectivity index (χ1) is 16.4. The Morgan fingerprint density at radius 1 is 1.03 bits per heavy atom. The van der Waals surface area contributed by atoms with Gasteiger partial charge in [-0.1, -0.05) is 13.8 Å². The first-order valence-electron chi connectivity index (χ1n) is 11.4. The highest BCUT2D eigenvalue weighted by Gasteiger charge is 2.18. The van der Waals surface area contributed by atoms with Crippen LogP contribution in [0.5, 0.6) is 11.5 Å². The normalized spacial score (nSPS) is 11.3. The fourth-order valence-corrected chi connectivity index (χ4v) is 3.96. The van der Waals surface area contributed by atoms with Gasteiger partial charge in [-0.15, -0.1) is 0 Å². The van der Waals surface area contributed by atoms with E-state index in [2.05, 4.69) is 47.1 Å². The number of ether oxygens (including phenoxy) is 2. The zero-order valence-electron chi connectivity index (χ0n) is 20.7. The van der Waals surface area contributed by atoms with Crippen LogP contribution in [0.4, 0.5) is 11.5 Å². The molecule has 0 radical (unpaired) electrons. The van der Waals surface area contributed by atoms with Crippen molar-refractivity contribution < 1.29 is 9.47 Å². The second kappa shape index (κ2) is 10.1. The summed E-state index contributed by atoms with van der Waals surface area (Å²) in [6.07, 6.45) is 5.67. The number of aryl methyl sites for hydroxylation is 1. The maximum Gasteiger partial charge on any atom is 0.133 e. The maximum atomic E-state index is 5.63. The molecule has 0 bridgehead atoms. The molecular weight excluding hydrogens is 428 g/mol. The number of methoxy groups -OCH3 is 2. The van der Waals surface area contributed by atoms with Crippen molar-refractivity contribution in [2.45, 2.75) is 26.8 Å². The van der Waals surface area contributed by atoms with Crippen LogP contribution >= 0.6 is 0 Å². The van der Waals surface area contributed by atoms with Crippen LogP contribution in [0.15, 0.2) is 48.9 Å². The Labute approximate surface area is 200 Å². The number of rotatable bonds is 9. The Balaban J connectivity index is 1.80. The molecule has 0 aliphatic heterocycles. The highest BCUT2D eigenvalue weighted by Crippen LogP contribution is 2.37. The summed E-state index contributed by atoms with van der Waals surface area (Å²) in [5.74, 6) is 2.35. The molecule has 0 aliphatic carbocycles. The fraction of sp³-hybridized carbons (Fsp3) is 0.346. The Morgan fingerprint density at radius 3 is 2.53 bits per heavy atom. The van der Waals surface area contributed by atoms with Gasteiger partial charge in [0.1, 0.15) is 17.3 Å². The van der Waals surface area contributed by atoms with Gasteiger partial charge in [0.15, 0.2) is 0 Å². The van der Waals surface area contributed by atoms with E-state index in [0.717, 1.165) is 63.8 Å². The van der Waals surface area contributed by atoms with Gasteiger partial charge in [-0.25, -0.2) is 4.98 Å². The predicted octanol–water partition coefficient (Wildman–Crippen LogP) is 4.49. The third kappa shape index (κ3) is 4.97. The van der Waals surface area contributed by atoms with E-state index in [1.807, 2.05) is 49.9 Å². The molecule has 0 fully saturated rings. The number of nitrogens with zero attached hydrogens (tertiary/aromatic N) is 5. The number of aromatic nitrogens is 4. The molecule has 0 spiro atoms. The second-order valence-corrected chi connectivity index (χ2v) is 8.57. The molecule has 0 saturated heterocycles. The van der Waals surface area contributed by atoms with Crippen LogP contribution in [0.2, 0.25) is 0 Å². The van der Waals surface area contributed by atoms with Crippen molar-refractivity contribution in [1.29, 1.82) is 0 Å². The molecule has 34 heavy (non-hydrogen) atoms. The summed E-state index contributed by atoms with van der Waals surface area (Å²) in [4.78, 5) is 11.8. The molecular formula is C26H32N6O2. The molecule has 4 aromatic rings. The van der Waals surface area contributed by atoms with Crippen LogP contribution in [0.25, 0.3) is 22.2 Å². The lowest BCUT2D eigenvalue weighted by molar-refractivity contribution is 0.392. The molecule has 1 aromatic carbocycles. The van der Waals surface area contributed by atoms with Crippen molar-refractivity contribution in [1.82, 2.24) is 25.1 Å². The van der Waals surface area contributed by atoms with Gasteiger partial charge < -0.3 is 19.7 Å². The Hall–Kier alpha value is -3.65. The van der Waals surface area contributed by atoms with Crippen LogP contribution in [-0.4, -0.2) is 53.1 Å². The highest BCUT2D eigenvalue weighted by atomic mass is 16.5. The zero-order chi connectivity index (χ0) is 24.2. The average molecular weight is 461 g/mol. The summed E-state index contributed by atoms with van der Waals surface area (Å²) in [5, 5.41) is 7.79. The number of benzene rings is 1. The summed E-state index contributed by atoms with van der Waals surface area (Å²) in [5.41, 5.74) is 5.68. The average Bonchev–Trinajstić information content (AvgIpc) is 3.27. The van der Waals surface area contributed by atoms with E-state index >= 15 is 0 Å². The molecule has 0 atom stereocenters. The smallest absolute Gasteiger partial charge is 0.133 e. The van der Waals surface area contributed by atoms with Gasteiger partial charge in [-0.2, -0.15) is 5.10 Å². The van der Waals surface area contributed by atoms with E-state index in [1.165, 1.54) is 0 Å². The minimum Gasteiger partial charge on any atom is -0.497 e. The SMILES string of the molecule is COc1cc(OC)c(C)c(N(CCNC(C)C)c2ccc3ncc(-c4cnn(C)c4)cc3n2)c1. The molecule has 3 heterocycles. The van der Waals surface area contributed by atoms with Gasteiger partial charge in [-0.3, -0.25) is 9.67 Å². The summed E-state index contributed by atoms with van der Waals surface area (Å²) < 4.78 is 13.0. The molecule has 0 saturated carbocycles. The summed E-state index contributed by atoms with van der Waals surface area (Å²) >= 11 is 0. The van der Waals surface area contributed by atoms with Crippen molar-refractivity contribution in [3.63, 3.8) is 0 Å². The summed E-state index contributed by atoms with van der Waals surface area (Å²) in [6, 6.07) is 10.4. The van der Waals surface area contributed by atoms with Gasteiger partial charge in [0, 0.05) is 67.4 Å². The number of nitrogens with one attached hydrogen (secondary N) is 1. The quantitative estimate of drug-likeness (QED) is 0.394. The molecule has 0 amide bonds. The van der Waals surface area contributed by atoms with E-state index in [9.17, 15) is 0 Å². The van der Waals surface area contributed by atoms with Crippen molar-refractivity contribution in [3.05, 3.63) is 54.5 Å². The first-order valence-corrected chi connectivity index (χ1v) is 11.4. The minimum absolute atomic E-state index is 0.388. The maximum absolute atomic E-state index is 5.63. The van der Waals surface area contributed by atoms with E-state index in [4.69, 9.17) is 14.5 Å². The summed E-state index contributed by atoms with van der Waals surface area (Å²) in [7, 11) is 5.25. The van der Waals surface area contributed by atoms with Crippen LogP contribution in [-0.2, 0) is 7.05 Å². The van der Waals surface area contributed by atoms with Gasteiger partial charge >= 0.3 is 0 Å². The molecule has 8 heteroatoms. The van der Waals surface area contributed by atoms with E-state index in [1.54, 1.807) is 18.9 Å². The number of fused-ring (bicyclic) bond motifs is 1. The molecule has 0 aliphatic rings. The van der Waals surface area contributed by atoms with Crippen LogP contribution < -0.4 is 19.7 Å². The topological polar surface area (TPSA) is 77.3 Å². The molecule has 0 unspecified atom stereocenters. The molecule has 8 nitrogen and oxygen atoms in total. The van der Waals surface area contributed by atoms with E-state index in [-0.39, 0.29) is 0 Å². The van der Waals surface area contributed by atoms with Crippen molar-refractivity contribution in [2.24, 2.45) is 7.05 Å². The van der Waals surface area contributed by atoms with E-state index in [0.29, 0.717) is 6.04 Å². The number of hydrogen-bond acceptors (Lipinski definition) is 7. The lowest BCUT2D eigenvalue weighted by Crippen LogP contribution is -2.33. The third-order valence-electron chi connectivity index (χ3n) is 5.78. The van der Waals surface area contributed by atoms with Gasteiger partial charge in [-0.05, 0) is 25.1 Å². The van der Waals surface area contributed by atoms with Gasteiger partial charge in [0.25, 0.3) is 0 Å². The van der Waals surface area contributed by atoms with Crippen LogP contribution in [0.1, 0.15) is 19.4 Å². The largest absolute Gasteiger partial charge is 0.497 e.